The van der Waals surface area contributed by atoms with E-state index in [9.17, 15) is 18.0 Å². The highest BCUT2D eigenvalue weighted by Crippen LogP contribution is 2.34. The Bertz CT molecular complexity index is 1210. The molecule has 2 heterocycles. The van der Waals surface area contributed by atoms with Crippen LogP contribution in [0.1, 0.15) is 42.6 Å². The van der Waals surface area contributed by atoms with Crippen LogP contribution in [0.2, 0.25) is 0 Å². The molecule has 1 fully saturated rings. The zero-order valence-electron chi connectivity index (χ0n) is 18.7. The van der Waals surface area contributed by atoms with Gasteiger partial charge >= 0.3 is 6.18 Å². The molecule has 4 rings (SSSR count). The molecule has 1 aromatic carbocycles. The number of fused-ring (bicyclic) bond motifs is 1. The minimum Gasteiger partial charge on any atom is -0.394 e. The summed E-state index contributed by atoms with van der Waals surface area (Å²) in [6, 6.07) is 11.3. The van der Waals surface area contributed by atoms with Crippen LogP contribution in [-0.4, -0.2) is 28.0 Å². The number of halogens is 3. The number of nitrogens with two attached hydrogens (primary N) is 1. The van der Waals surface area contributed by atoms with Gasteiger partial charge in [-0.15, -0.1) is 0 Å². The van der Waals surface area contributed by atoms with E-state index in [4.69, 9.17) is 5.73 Å². The first-order chi connectivity index (χ1) is 16.2. The van der Waals surface area contributed by atoms with Gasteiger partial charge in [-0.05, 0) is 69.0 Å². The first-order valence-electron chi connectivity index (χ1n) is 11.1. The number of rotatable bonds is 5. The van der Waals surface area contributed by atoms with Gasteiger partial charge in [-0.25, -0.2) is 4.98 Å². The normalized spacial score (nSPS) is 19.1. The van der Waals surface area contributed by atoms with Crippen molar-refractivity contribution in [2.24, 2.45) is 5.73 Å². The van der Waals surface area contributed by atoms with Crippen molar-refractivity contribution in [2.75, 3.05) is 5.32 Å². The highest BCUT2D eigenvalue weighted by atomic mass is 19.4. The van der Waals surface area contributed by atoms with Crippen LogP contribution in [0.5, 0.6) is 0 Å². The molecule has 1 aliphatic rings. The van der Waals surface area contributed by atoms with Gasteiger partial charge in [-0.3, -0.25) is 9.78 Å². The van der Waals surface area contributed by atoms with E-state index in [1.54, 1.807) is 36.5 Å². The number of alkyl halides is 3. The fraction of sp³-hybridized carbons (Fsp3) is 0.320. The molecular formula is C25H26F3N5O. The molecule has 1 aliphatic carbocycles. The summed E-state index contributed by atoms with van der Waals surface area (Å²) in [7, 11) is 0. The maximum atomic E-state index is 13.4. The van der Waals surface area contributed by atoms with Crippen molar-refractivity contribution in [3.8, 4) is 0 Å². The van der Waals surface area contributed by atoms with Crippen LogP contribution in [0.3, 0.4) is 0 Å². The molecule has 4 N–H and O–H groups in total. The van der Waals surface area contributed by atoms with Crippen molar-refractivity contribution in [1.82, 2.24) is 15.3 Å². The highest BCUT2D eigenvalue weighted by molar-refractivity contribution is 5.96. The number of amides is 1. The van der Waals surface area contributed by atoms with Crippen LogP contribution >= 0.6 is 0 Å². The Morgan fingerprint density at radius 3 is 2.68 bits per heavy atom. The topological polar surface area (TPSA) is 92.9 Å². The third-order valence-electron chi connectivity index (χ3n) is 5.88. The molecule has 1 amide bonds. The summed E-state index contributed by atoms with van der Waals surface area (Å²) in [6.45, 7) is 1.88. The van der Waals surface area contributed by atoms with Gasteiger partial charge < -0.3 is 16.4 Å². The average molecular weight is 470 g/mol. The number of hydrogen-bond donors (Lipinski definition) is 3. The van der Waals surface area contributed by atoms with Gasteiger partial charge in [0.1, 0.15) is 5.69 Å². The van der Waals surface area contributed by atoms with Gasteiger partial charge in [0.25, 0.3) is 5.91 Å². The summed E-state index contributed by atoms with van der Waals surface area (Å²) in [5.74, 6) is -0.388. The average Bonchev–Trinajstić information content (AvgIpc) is 2.79. The molecule has 0 bridgehead atoms. The Morgan fingerprint density at radius 2 is 1.94 bits per heavy atom. The summed E-state index contributed by atoms with van der Waals surface area (Å²) < 4.78 is 40.3. The van der Waals surface area contributed by atoms with Gasteiger partial charge in [-0.1, -0.05) is 17.7 Å². The zero-order valence-corrected chi connectivity index (χ0v) is 18.7. The Balaban J connectivity index is 1.49. The molecule has 0 aliphatic heterocycles. The number of nitrogens with one attached hydrogen (secondary N) is 2. The number of carbonyl (C=O) groups excluding carboxylic acids is 1. The minimum atomic E-state index is -4.55. The predicted molar refractivity (Wildman–Crippen MR) is 126 cm³/mol. The molecule has 6 nitrogen and oxygen atoms in total. The number of nitrogens with zero attached hydrogens (tertiary/aromatic N) is 2. The number of carbonyl (C=O) groups is 1. The van der Waals surface area contributed by atoms with E-state index in [2.05, 4.69) is 20.6 Å². The summed E-state index contributed by atoms with van der Waals surface area (Å²) in [5, 5.41) is 6.87. The van der Waals surface area contributed by atoms with Crippen LogP contribution in [0.15, 0.2) is 54.4 Å². The number of aromatic nitrogens is 2. The molecule has 9 heteroatoms. The Hall–Kier alpha value is -3.62. The molecule has 1 unspecified atom stereocenters. The van der Waals surface area contributed by atoms with E-state index in [-0.39, 0.29) is 29.2 Å². The van der Waals surface area contributed by atoms with Crippen molar-refractivity contribution >= 4 is 28.6 Å². The van der Waals surface area contributed by atoms with E-state index < -0.39 is 11.9 Å². The maximum Gasteiger partial charge on any atom is 0.433 e. The second-order valence-electron chi connectivity index (χ2n) is 8.61. The van der Waals surface area contributed by atoms with Gasteiger partial charge in [0.05, 0.1) is 16.9 Å². The summed E-state index contributed by atoms with van der Waals surface area (Å²) in [6.07, 6.45) is 1.52. The summed E-state index contributed by atoms with van der Waals surface area (Å²) in [4.78, 5) is 20.5. The number of benzene rings is 1. The molecule has 178 valence electrons. The molecule has 34 heavy (non-hydrogen) atoms. The molecule has 0 radical (unpaired) electrons. The fourth-order valence-electron chi connectivity index (χ4n) is 4.23. The fourth-order valence-corrected chi connectivity index (χ4v) is 4.23. The second-order valence-corrected chi connectivity index (χ2v) is 8.61. The molecule has 0 spiro atoms. The van der Waals surface area contributed by atoms with Crippen LogP contribution in [-0.2, 0) is 11.0 Å². The third kappa shape index (κ3) is 5.65. The third-order valence-corrected chi connectivity index (χ3v) is 5.88. The van der Waals surface area contributed by atoms with E-state index >= 15 is 0 Å². The largest absolute Gasteiger partial charge is 0.433 e. The van der Waals surface area contributed by atoms with Crippen molar-refractivity contribution in [3.05, 3.63) is 71.3 Å². The minimum absolute atomic E-state index is 0.0548. The van der Waals surface area contributed by atoms with E-state index in [1.807, 2.05) is 13.0 Å². The van der Waals surface area contributed by atoms with E-state index in [1.165, 1.54) is 6.08 Å². The predicted octanol–water partition coefficient (Wildman–Crippen LogP) is 4.80. The van der Waals surface area contributed by atoms with Gasteiger partial charge in [0.15, 0.2) is 0 Å². The zero-order chi connectivity index (χ0) is 24.3. The maximum absolute atomic E-state index is 13.4. The van der Waals surface area contributed by atoms with Crippen molar-refractivity contribution in [2.45, 2.75) is 50.9 Å². The quantitative estimate of drug-likeness (QED) is 0.467. The van der Waals surface area contributed by atoms with Crippen molar-refractivity contribution in [1.29, 1.82) is 0 Å². The first kappa shape index (κ1) is 23.5. The first-order valence-corrected chi connectivity index (χ1v) is 11.1. The Kier molecular flexibility index (Phi) is 6.72. The monoisotopic (exact) mass is 469 g/mol. The SMILES string of the molecule is Cc1ccc2nc(C(F)(F)F)cc(N[C@H]3CCCC(NC(=O)C(N)=Cc4ccccn4)C3)c2c1. The van der Waals surface area contributed by atoms with Crippen LogP contribution in [0.25, 0.3) is 17.0 Å². The van der Waals surface area contributed by atoms with Gasteiger partial charge in [0.2, 0.25) is 0 Å². The molecule has 2 aromatic heterocycles. The van der Waals surface area contributed by atoms with Crippen molar-refractivity contribution in [3.63, 3.8) is 0 Å². The van der Waals surface area contributed by atoms with Crippen LogP contribution < -0.4 is 16.4 Å². The second kappa shape index (κ2) is 9.70. The molecule has 0 saturated heterocycles. The smallest absolute Gasteiger partial charge is 0.394 e. The number of pyridine rings is 2. The molecule has 2 atom stereocenters. The van der Waals surface area contributed by atoms with E-state index in [0.717, 1.165) is 30.9 Å². The van der Waals surface area contributed by atoms with E-state index in [0.29, 0.717) is 23.2 Å². The standard InChI is InChI=1S/C25H26F3N5O/c1-15-8-9-21-19(11-15)22(14-23(33-21)25(26,27)28)31-17-6-4-7-18(12-17)32-24(34)20(29)13-16-5-2-3-10-30-16/h2-3,5,8-11,13-14,17-18H,4,6-7,12,29H2,1H3,(H,31,33)(H,32,34)/t17-,18?/m0/s1. The van der Waals surface area contributed by atoms with Gasteiger partial charge in [0, 0.05) is 29.4 Å². The summed E-state index contributed by atoms with van der Waals surface area (Å²) >= 11 is 0. The Labute approximate surface area is 195 Å². The number of hydrogen-bond acceptors (Lipinski definition) is 5. The molecule has 3 aromatic rings. The lowest BCUT2D eigenvalue weighted by Gasteiger charge is -2.31. The number of anilines is 1. The lowest BCUT2D eigenvalue weighted by Crippen LogP contribution is -2.43. The summed E-state index contributed by atoms with van der Waals surface area (Å²) in [5.41, 5.74) is 7.26. The molecule has 1 saturated carbocycles. The lowest BCUT2D eigenvalue weighted by molar-refractivity contribution is -0.140. The Morgan fingerprint density at radius 1 is 1.15 bits per heavy atom. The highest BCUT2D eigenvalue weighted by Gasteiger charge is 2.34. The molecular weight excluding hydrogens is 443 g/mol. The van der Waals surface area contributed by atoms with Crippen LogP contribution in [0, 0.1) is 6.92 Å². The lowest BCUT2D eigenvalue weighted by atomic mass is 9.90. The van der Waals surface area contributed by atoms with Crippen molar-refractivity contribution < 1.29 is 18.0 Å². The number of aryl methyl sites for hydroxylation is 1. The van der Waals surface area contributed by atoms with Crippen LogP contribution in [0.4, 0.5) is 18.9 Å². The van der Waals surface area contributed by atoms with Gasteiger partial charge in [-0.2, -0.15) is 13.2 Å².